The molecule has 2 atom stereocenters. The fraction of sp³-hybridized carbons (Fsp3) is 0.615. The number of carbonyl (C=O) groups is 1. The average Bonchev–Trinajstić information content (AvgIpc) is 2.36. The van der Waals surface area contributed by atoms with Crippen molar-refractivity contribution in [2.24, 2.45) is 5.73 Å². The number of amides is 1. The zero-order chi connectivity index (χ0) is 15.8. The lowest BCUT2D eigenvalue weighted by Crippen LogP contribution is -2.55. The van der Waals surface area contributed by atoms with Crippen molar-refractivity contribution in [3.8, 4) is 0 Å². The summed E-state index contributed by atoms with van der Waals surface area (Å²) in [5.41, 5.74) is 3.45. The van der Waals surface area contributed by atoms with Gasteiger partial charge in [0.25, 0.3) is 5.56 Å². The fourth-order valence-corrected chi connectivity index (χ4v) is 2.65. The number of aliphatic hydroxyl groups is 1. The molecule has 8 nitrogen and oxygen atoms in total. The van der Waals surface area contributed by atoms with E-state index in [1.807, 2.05) is 0 Å². The standard InChI is InChI=1S/C13H20N4O4/c1-8-5-17(12(20)15-11(8)19)9-6-16(7-10(14)18)4-3-13(9,2)21/h5,9,21H,3-4,6-7H2,1-2H3,(H2,14,18)(H,15,19,20)/t9-,13-/m1/s1. The minimum atomic E-state index is -1.11. The fourth-order valence-electron chi connectivity index (χ4n) is 2.65. The first-order chi connectivity index (χ1) is 9.70. The largest absolute Gasteiger partial charge is 0.388 e. The van der Waals surface area contributed by atoms with Crippen molar-refractivity contribution in [1.82, 2.24) is 14.5 Å². The van der Waals surface area contributed by atoms with Gasteiger partial charge in [0.2, 0.25) is 5.91 Å². The molecule has 0 aliphatic carbocycles. The van der Waals surface area contributed by atoms with Crippen LogP contribution in [0, 0.1) is 6.92 Å². The molecule has 0 aromatic carbocycles. The van der Waals surface area contributed by atoms with E-state index in [0.29, 0.717) is 25.1 Å². The number of nitrogens with one attached hydrogen (secondary N) is 1. The predicted molar refractivity (Wildman–Crippen MR) is 76.0 cm³/mol. The summed E-state index contributed by atoms with van der Waals surface area (Å²) >= 11 is 0. The third-order valence-corrected chi connectivity index (χ3v) is 3.94. The Balaban J connectivity index is 2.38. The number of piperidine rings is 1. The lowest BCUT2D eigenvalue weighted by molar-refractivity contribution is -0.121. The smallest absolute Gasteiger partial charge is 0.328 e. The second-order valence-corrected chi connectivity index (χ2v) is 5.80. The van der Waals surface area contributed by atoms with E-state index in [-0.39, 0.29) is 6.54 Å². The van der Waals surface area contributed by atoms with E-state index in [4.69, 9.17) is 5.73 Å². The van der Waals surface area contributed by atoms with Crippen molar-refractivity contribution in [2.75, 3.05) is 19.6 Å². The van der Waals surface area contributed by atoms with Crippen molar-refractivity contribution in [1.29, 1.82) is 0 Å². The van der Waals surface area contributed by atoms with E-state index in [0.717, 1.165) is 0 Å². The van der Waals surface area contributed by atoms with Crippen LogP contribution < -0.4 is 17.0 Å². The summed E-state index contributed by atoms with van der Waals surface area (Å²) in [6, 6.07) is -0.561. The van der Waals surface area contributed by atoms with Gasteiger partial charge in [0.05, 0.1) is 18.2 Å². The molecule has 1 fully saturated rings. The van der Waals surface area contributed by atoms with Crippen LogP contribution in [-0.2, 0) is 4.79 Å². The summed E-state index contributed by atoms with van der Waals surface area (Å²) in [4.78, 5) is 38.5. The maximum absolute atomic E-state index is 12.0. The molecule has 116 valence electrons. The molecule has 0 saturated carbocycles. The molecule has 8 heteroatoms. The highest BCUT2D eigenvalue weighted by atomic mass is 16.3. The molecule has 2 heterocycles. The van der Waals surface area contributed by atoms with Crippen LogP contribution in [0.15, 0.2) is 15.8 Å². The number of carbonyl (C=O) groups excluding carboxylic acids is 1. The van der Waals surface area contributed by atoms with Gasteiger partial charge in [-0.1, -0.05) is 0 Å². The van der Waals surface area contributed by atoms with E-state index in [1.54, 1.807) is 18.7 Å². The van der Waals surface area contributed by atoms with Gasteiger partial charge in [-0.3, -0.25) is 24.0 Å². The number of nitrogens with two attached hydrogens (primary N) is 1. The second-order valence-electron chi connectivity index (χ2n) is 5.80. The molecule has 2 rings (SSSR count). The van der Waals surface area contributed by atoms with Crippen LogP contribution in [0.2, 0.25) is 0 Å². The molecule has 4 N–H and O–H groups in total. The highest BCUT2D eigenvalue weighted by molar-refractivity contribution is 5.75. The Morgan fingerprint density at radius 2 is 2.24 bits per heavy atom. The zero-order valence-electron chi connectivity index (χ0n) is 12.1. The van der Waals surface area contributed by atoms with Crippen molar-refractivity contribution in [3.63, 3.8) is 0 Å². The SMILES string of the molecule is Cc1cn([C@@H]2CN(CC(N)=O)CC[C@@]2(C)O)c(=O)[nH]c1=O. The minimum absolute atomic E-state index is 0.0731. The van der Waals surface area contributed by atoms with Crippen LogP contribution in [0.5, 0.6) is 0 Å². The Labute approximate surface area is 121 Å². The summed E-state index contributed by atoms with van der Waals surface area (Å²) in [7, 11) is 0. The van der Waals surface area contributed by atoms with Crippen molar-refractivity contribution in [3.05, 3.63) is 32.6 Å². The third kappa shape index (κ3) is 3.22. The van der Waals surface area contributed by atoms with Crippen molar-refractivity contribution < 1.29 is 9.90 Å². The molecule has 1 amide bonds. The van der Waals surface area contributed by atoms with Crippen molar-refractivity contribution in [2.45, 2.75) is 31.9 Å². The molecule has 0 unspecified atom stereocenters. The van der Waals surface area contributed by atoms with Gasteiger partial charge < -0.3 is 10.8 Å². The molecule has 0 bridgehead atoms. The van der Waals surface area contributed by atoms with Gasteiger partial charge in [0.1, 0.15) is 0 Å². The summed E-state index contributed by atoms with van der Waals surface area (Å²) in [6.07, 6.45) is 1.84. The van der Waals surface area contributed by atoms with Crippen LogP contribution in [-0.4, -0.2) is 50.7 Å². The van der Waals surface area contributed by atoms with E-state index in [2.05, 4.69) is 4.98 Å². The molecular formula is C13H20N4O4. The van der Waals surface area contributed by atoms with Crippen LogP contribution in [0.4, 0.5) is 0 Å². The summed E-state index contributed by atoms with van der Waals surface area (Å²) < 4.78 is 1.32. The highest BCUT2D eigenvalue weighted by Gasteiger charge is 2.39. The lowest BCUT2D eigenvalue weighted by atomic mass is 9.88. The highest BCUT2D eigenvalue weighted by Crippen LogP contribution is 2.30. The number of rotatable bonds is 3. The Hall–Kier alpha value is -1.93. The molecule has 0 spiro atoms. The van der Waals surface area contributed by atoms with Crippen LogP contribution >= 0.6 is 0 Å². The number of aromatic amines is 1. The van der Waals surface area contributed by atoms with Gasteiger partial charge in [-0.15, -0.1) is 0 Å². The number of hydrogen-bond acceptors (Lipinski definition) is 5. The molecule has 21 heavy (non-hydrogen) atoms. The monoisotopic (exact) mass is 296 g/mol. The lowest BCUT2D eigenvalue weighted by Gasteiger charge is -2.42. The normalized spacial score (nSPS) is 26.7. The Morgan fingerprint density at radius 1 is 1.57 bits per heavy atom. The van der Waals surface area contributed by atoms with Gasteiger partial charge in [-0.2, -0.15) is 0 Å². The third-order valence-electron chi connectivity index (χ3n) is 3.94. The summed E-state index contributed by atoms with van der Waals surface area (Å²) in [5, 5.41) is 10.5. The molecule has 1 aliphatic rings. The first-order valence-corrected chi connectivity index (χ1v) is 6.76. The number of primary amides is 1. The quantitative estimate of drug-likeness (QED) is 0.615. The molecule has 1 saturated heterocycles. The number of nitrogens with zero attached hydrogens (tertiary/aromatic N) is 2. The maximum atomic E-state index is 12.0. The van der Waals surface area contributed by atoms with E-state index < -0.39 is 28.8 Å². The molecular weight excluding hydrogens is 276 g/mol. The van der Waals surface area contributed by atoms with Gasteiger partial charge in [-0.25, -0.2) is 4.79 Å². The summed E-state index contributed by atoms with van der Waals surface area (Å²) in [5.74, 6) is -0.458. The van der Waals surface area contributed by atoms with E-state index in [9.17, 15) is 19.5 Å². The summed E-state index contributed by atoms with van der Waals surface area (Å²) in [6.45, 7) is 4.13. The Morgan fingerprint density at radius 3 is 2.86 bits per heavy atom. The van der Waals surface area contributed by atoms with Gasteiger partial charge in [0, 0.05) is 24.8 Å². The van der Waals surface area contributed by atoms with Gasteiger partial charge in [-0.05, 0) is 20.3 Å². The van der Waals surface area contributed by atoms with Crippen LogP contribution in [0.3, 0.4) is 0 Å². The predicted octanol–water partition coefficient (Wildman–Crippen LogP) is -1.67. The molecule has 1 aromatic heterocycles. The molecule has 0 radical (unpaired) electrons. The van der Waals surface area contributed by atoms with Crippen LogP contribution in [0.1, 0.15) is 24.9 Å². The number of likely N-dealkylation sites (tertiary alicyclic amines) is 1. The van der Waals surface area contributed by atoms with Crippen molar-refractivity contribution >= 4 is 5.91 Å². The average molecular weight is 296 g/mol. The first-order valence-electron chi connectivity index (χ1n) is 6.76. The minimum Gasteiger partial charge on any atom is -0.388 e. The zero-order valence-corrected chi connectivity index (χ0v) is 12.1. The molecule has 1 aliphatic heterocycles. The van der Waals surface area contributed by atoms with Crippen LogP contribution in [0.25, 0.3) is 0 Å². The Kier molecular flexibility index (Phi) is 4.02. The number of aryl methyl sites for hydroxylation is 1. The number of H-pyrrole nitrogens is 1. The molecule has 1 aromatic rings. The second kappa shape index (κ2) is 5.45. The van der Waals surface area contributed by atoms with E-state index in [1.165, 1.54) is 10.8 Å². The Bertz CT molecular complexity index is 661. The van der Waals surface area contributed by atoms with Gasteiger partial charge >= 0.3 is 5.69 Å². The number of hydrogen-bond donors (Lipinski definition) is 3. The number of aromatic nitrogens is 2. The topological polar surface area (TPSA) is 121 Å². The van der Waals surface area contributed by atoms with E-state index >= 15 is 0 Å². The maximum Gasteiger partial charge on any atom is 0.328 e. The van der Waals surface area contributed by atoms with Gasteiger partial charge in [0.15, 0.2) is 0 Å². The first kappa shape index (κ1) is 15.5.